The molecule has 5 rings (SSSR count). The molecule has 0 saturated carbocycles. The maximum absolute atomic E-state index is 12.9. The van der Waals surface area contributed by atoms with E-state index >= 15 is 0 Å². The van der Waals surface area contributed by atoms with Crippen LogP contribution in [0, 0.1) is 6.92 Å². The Morgan fingerprint density at radius 3 is 2.27 bits per heavy atom. The Balaban J connectivity index is 0.000000367. The van der Waals surface area contributed by atoms with Gasteiger partial charge in [-0.1, -0.05) is 66.2 Å². The fourth-order valence-corrected chi connectivity index (χ4v) is 4.13. The second-order valence-corrected chi connectivity index (χ2v) is 9.20. The van der Waals surface area contributed by atoms with Crippen LogP contribution in [-0.2, 0) is 12.7 Å². The van der Waals surface area contributed by atoms with Crippen molar-refractivity contribution < 1.29 is 27.9 Å². The molecular weight excluding hydrogens is 531 g/mol. The van der Waals surface area contributed by atoms with Crippen molar-refractivity contribution >= 4 is 28.5 Å². The molecule has 6 nitrogen and oxygen atoms in total. The number of nitrogens with zero attached hydrogens (tertiary/aromatic N) is 1. The van der Waals surface area contributed by atoms with Crippen LogP contribution in [-0.4, -0.2) is 22.0 Å². The molecular formula is C32H26F3N3O3. The van der Waals surface area contributed by atoms with E-state index in [0.29, 0.717) is 39.8 Å². The van der Waals surface area contributed by atoms with E-state index in [1.54, 1.807) is 42.5 Å². The minimum absolute atomic E-state index is 0.0553. The average Bonchev–Trinajstić information content (AvgIpc) is 2.96. The van der Waals surface area contributed by atoms with E-state index in [4.69, 9.17) is 10.8 Å². The molecule has 0 fully saturated rings. The topological polar surface area (TPSA) is 105 Å². The number of nitrogens with one attached hydrogen (secondary N) is 1. The molecule has 1 aromatic heterocycles. The summed E-state index contributed by atoms with van der Waals surface area (Å²) in [5, 5.41) is 12.4. The lowest BCUT2D eigenvalue weighted by Gasteiger charge is -2.12. The predicted molar refractivity (Wildman–Crippen MR) is 153 cm³/mol. The van der Waals surface area contributed by atoms with Gasteiger partial charge in [-0.15, -0.1) is 0 Å². The zero-order valence-electron chi connectivity index (χ0n) is 21.9. The summed E-state index contributed by atoms with van der Waals surface area (Å²) in [5.74, 6) is -1.53. The van der Waals surface area contributed by atoms with Gasteiger partial charge in [0.15, 0.2) is 0 Å². The van der Waals surface area contributed by atoms with Gasteiger partial charge in [-0.2, -0.15) is 13.2 Å². The van der Waals surface area contributed by atoms with Gasteiger partial charge in [0, 0.05) is 29.4 Å². The monoisotopic (exact) mass is 557 g/mol. The molecule has 1 amide bonds. The fourth-order valence-electron chi connectivity index (χ4n) is 4.13. The quantitative estimate of drug-likeness (QED) is 0.210. The number of carboxylic acid groups (broad SMARTS) is 1. The maximum atomic E-state index is 12.9. The number of amides is 1. The van der Waals surface area contributed by atoms with Gasteiger partial charge in [0.2, 0.25) is 0 Å². The highest BCUT2D eigenvalue weighted by Crippen LogP contribution is 2.32. The zero-order chi connectivity index (χ0) is 29.6. The van der Waals surface area contributed by atoms with Crippen LogP contribution in [0.5, 0.6) is 0 Å². The van der Waals surface area contributed by atoms with Crippen molar-refractivity contribution in [2.45, 2.75) is 19.6 Å². The summed E-state index contributed by atoms with van der Waals surface area (Å²) >= 11 is 0. The van der Waals surface area contributed by atoms with Gasteiger partial charge in [-0.3, -0.25) is 9.78 Å². The number of benzene rings is 4. The highest BCUT2D eigenvalue weighted by Gasteiger charge is 2.30. The highest BCUT2D eigenvalue weighted by atomic mass is 19.4. The van der Waals surface area contributed by atoms with Crippen molar-refractivity contribution in [1.29, 1.82) is 0 Å². The number of aromatic carboxylic acids is 1. The second-order valence-electron chi connectivity index (χ2n) is 9.20. The largest absolute Gasteiger partial charge is 0.478 e. The number of nitrogens with two attached hydrogens (primary N) is 1. The smallest absolute Gasteiger partial charge is 0.416 e. The first kappa shape index (κ1) is 29.0. The van der Waals surface area contributed by atoms with E-state index in [2.05, 4.69) is 29.4 Å². The molecule has 0 atom stereocenters. The van der Waals surface area contributed by atoms with Gasteiger partial charge in [-0.25, -0.2) is 4.79 Å². The number of rotatable bonds is 5. The van der Waals surface area contributed by atoms with E-state index in [1.807, 2.05) is 12.1 Å². The number of fused-ring (bicyclic) bond motifs is 1. The van der Waals surface area contributed by atoms with Crippen molar-refractivity contribution in [3.05, 3.63) is 131 Å². The van der Waals surface area contributed by atoms with Crippen molar-refractivity contribution in [3.63, 3.8) is 0 Å². The maximum Gasteiger partial charge on any atom is 0.416 e. The first-order valence-electron chi connectivity index (χ1n) is 12.5. The first-order valence-corrected chi connectivity index (χ1v) is 12.5. The summed E-state index contributed by atoms with van der Waals surface area (Å²) in [6.07, 6.45) is -3.21. The molecule has 0 aliphatic heterocycles. The molecule has 0 radical (unpaired) electrons. The van der Waals surface area contributed by atoms with Gasteiger partial charge >= 0.3 is 12.1 Å². The number of hydrogen-bond acceptors (Lipinski definition) is 4. The third-order valence-electron chi connectivity index (χ3n) is 6.20. The third kappa shape index (κ3) is 7.34. The minimum atomic E-state index is -4.44. The molecule has 0 unspecified atom stereocenters. The lowest BCUT2D eigenvalue weighted by atomic mass is 9.98. The van der Waals surface area contributed by atoms with Crippen molar-refractivity contribution in [2.24, 2.45) is 5.73 Å². The SMILES string of the molecule is Cc1cccc(CN)c1.O=C(O)c1cnc2cc(NC(=O)c3ccccc3-c3ccc(C(F)(F)F)cc3)ccc2c1. The molecule has 0 spiro atoms. The number of aryl methyl sites for hydroxylation is 1. The standard InChI is InChI=1S/C24H15F3N2O3.C8H11N/c25-24(26,27)17-8-5-14(6-9-17)19-3-1-2-4-20(19)22(30)29-18-10-7-15-11-16(23(31)32)13-28-21(15)12-18;1-7-3-2-4-8(5-7)6-9/h1-13H,(H,29,30)(H,31,32);2-5H,6,9H2,1H3. The number of carbonyl (C=O) groups is 2. The molecule has 9 heteroatoms. The summed E-state index contributed by atoms with van der Waals surface area (Å²) in [6.45, 7) is 2.71. The molecule has 0 aliphatic rings. The average molecular weight is 558 g/mol. The summed E-state index contributed by atoms with van der Waals surface area (Å²) in [4.78, 5) is 28.1. The number of carboxylic acids is 1. The molecule has 0 aliphatic carbocycles. The Hall–Kier alpha value is -5.02. The van der Waals surface area contributed by atoms with Gasteiger partial charge in [0.25, 0.3) is 5.91 Å². The van der Waals surface area contributed by atoms with Gasteiger partial charge in [-0.05, 0) is 60.0 Å². The van der Waals surface area contributed by atoms with E-state index in [1.165, 1.54) is 35.5 Å². The van der Waals surface area contributed by atoms with E-state index in [0.717, 1.165) is 12.1 Å². The van der Waals surface area contributed by atoms with Crippen LogP contribution in [0.2, 0.25) is 0 Å². The molecule has 4 aromatic carbocycles. The molecule has 1 heterocycles. The lowest BCUT2D eigenvalue weighted by Crippen LogP contribution is -2.13. The van der Waals surface area contributed by atoms with Crippen LogP contribution >= 0.6 is 0 Å². The van der Waals surface area contributed by atoms with Crippen LogP contribution in [0.4, 0.5) is 18.9 Å². The van der Waals surface area contributed by atoms with Crippen molar-refractivity contribution in [1.82, 2.24) is 4.98 Å². The third-order valence-corrected chi connectivity index (χ3v) is 6.20. The second kappa shape index (κ2) is 12.4. The normalized spacial score (nSPS) is 11.0. The number of carbonyl (C=O) groups excluding carboxylic acids is 1. The van der Waals surface area contributed by atoms with E-state index < -0.39 is 23.6 Å². The summed E-state index contributed by atoms with van der Waals surface area (Å²) in [5.41, 5.74) is 9.40. The summed E-state index contributed by atoms with van der Waals surface area (Å²) in [7, 11) is 0. The number of halogens is 3. The number of pyridine rings is 1. The van der Waals surface area contributed by atoms with Gasteiger partial charge in [0.1, 0.15) is 0 Å². The van der Waals surface area contributed by atoms with Crippen molar-refractivity contribution in [2.75, 3.05) is 5.32 Å². The van der Waals surface area contributed by atoms with Gasteiger partial charge in [0.05, 0.1) is 16.6 Å². The Bertz CT molecular complexity index is 1700. The predicted octanol–water partition coefficient (Wildman–Crippen LogP) is 7.32. The highest BCUT2D eigenvalue weighted by molar-refractivity contribution is 6.09. The molecule has 0 bridgehead atoms. The molecule has 0 saturated heterocycles. The van der Waals surface area contributed by atoms with Crippen LogP contribution in [0.15, 0.2) is 103 Å². The van der Waals surface area contributed by atoms with Crippen LogP contribution in [0.1, 0.15) is 37.4 Å². The van der Waals surface area contributed by atoms with E-state index in [-0.39, 0.29) is 5.56 Å². The summed E-state index contributed by atoms with van der Waals surface area (Å²) in [6, 6.07) is 25.8. The van der Waals surface area contributed by atoms with E-state index in [9.17, 15) is 22.8 Å². The van der Waals surface area contributed by atoms with Crippen LogP contribution in [0.25, 0.3) is 22.0 Å². The minimum Gasteiger partial charge on any atom is -0.478 e. The molecule has 41 heavy (non-hydrogen) atoms. The number of alkyl halides is 3. The van der Waals surface area contributed by atoms with Crippen molar-refractivity contribution in [3.8, 4) is 11.1 Å². The number of aromatic nitrogens is 1. The van der Waals surface area contributed by atoms with Crippen LogP contribution in [0.3, 0.4) is 0 Å². The molecule has 4 N–H and O–H groups in total. The first-order chi connectivity index (χ1) is 19.5. The Labute approximate surface area is 234 Å². The summed E-state index contributed by atoms with van der Waals surface area (Å²) < 4.78 is 38.5. The lowest BCUT2D eigenvalue weighted by molar-refractivity contribution is -0.137. The fraction of sp³-hybridized carbons (Fsp3) is 0.0938. The molecule has 5 aromatic rings. The zero-order valence-corrected chi connectivity index (χ0v) is 21.9. The van der Waals surface area contributed by atoms with Crippen LogP contribution < -0.4 is 11.1 Å². The molecule has 208 valence electrons. The number of anilines is 1. The Morgan fingerprint density at radius 2 is 1.63 bits per heavy atom. The Kier molecular flexibility index (Phi) is 8.79. The number of hydrogen-bond donors (Lipinski definition) is 3. The Morgan fingerprint density at radius 1 is 0.902 bits per heavy atom. The van der Waals surface area contributed by atoms with Gasteiger partial charge < -0.3 is 16.2 Å².